The highest BCUT2D eigenvalue weighted by atomic mass is 32.1. The SMILES string of the molecule is Cc1csc(C(=O)O)c1NC(=O)C1CCCc2sccc21. The van der Waals surface area contributed by atoms with Crippen LogP contribution in [0.1, 0.15) is 44.4 Å². The highest BCUT2D eigenvalue weighted by Crippen LogP contribution is 2.36. The Morgan fingerprint density at radius 2 is 2.19 bits per heavy atom. The summed E-state index contributed by atoms with van der Waals surface area (Å²) in [5.41, 5.74) is 2.35. The summed E-state index contributed by atoms with van der Waals surface area (Å²) in [6, 6.07) is 2.02. The molecule has 21 heavy (non-hydrogen) atoms. The van der Waals surface area contributed by atoms with Crippen LogP contribution in [0.15, 0.2) is 16.8 Å². The minimum Gasteiger partial charge on any atom is -0.477 e. The molecule has 3 rings (SSSR count). The molecule has 4 nitrogen and oxygen atoms in total. The minimum atomic E-state index is -0.997. The van der Waals surface area contributed by atoms with Gasteiger partial charge in [0.1, 0.15) is 4.88 Å². The Hall–Kier alpha value is -1.66. The number of amides is 1. The zero-order valence-corrected chi connectivity index (χ0v) is 13.1. The first kappa shape index (κ1) is 14.3. The molecule has 1 unspecified atom stereocenters. The molecular formula is C15H15NO3S2. The highest BCUT2D eigenvalue weighted by Gasteiger charge is 2.28. The number of carbonyl (C=O) groups excluding carboxylic acids is 1. The number of aryl methyl sites for hydroxylation is 2. The fourth-order valence-corrected chi connectivity index (χ4v) is 4.56. The molecule has 2 N–H and O–H groups in total. The third-order valence-corrected chi connectivity index (χ3v) is 5.87. The van der Waals surface area contributed by atoms with E-state index in [-0.39, 0.29) is 16.7 Å². The molecule has 0 aromatic carbocycles. The molecule has 1 aliphatic carbocycles. The molecule has 6 heteroatoms. The average molecular weight is 321 g/mol. The lowest BCUT2D eigenvalue weighted by Gasteiger charge is -2.22. The number of carboxylic acid groups (broad SMARTS) is 1. The molecular weight excluding hydrogens is 306 g/mol. The molecule has 1 aliphatic rings. The molecule has 2 aromatic heterocycles. The number of nitrogens with one attached hydrogen (secondary N) is 1. The number of fused-ring (bicyclic) bond motifs is 1. The topological polar surface area (TPSA) is 66.4 Å². The normalized spacial score (nSPS) is 17.3. The average Bonchev–Trinajstić information content (AvgIpc) is 3.05. The van der Waals surface area contributed by atoms with Crippen LogP contribution in [-0.2, 0) is 11.2 Å². The molecule has 0 bridgehead atoms. The summed E-state index contributed by atoms with van der Waals surface area (Å²) in [5, 5.41) is 15.8. The van der Waals surface area contributed by atoms with Gasteiger partial charge in [0.15, 0.2) is 0 Å². The molecule has 110 valence electrons. The molecule has 1 atom stereocenters. The molecule has 0 saturated heterocycles. The van der Waals surface area contributed by atoms with E-state index in [2.05, 4.69) is 5.32 Å². The summed E-state index contributed by atoms with van der Waals surface area (Å²) < 4.78 is 0. The molecule has 2 heterocycles. The van der Waals surface area contributed by atoms with Crippen molar-refractivity contribution in [3.63, 3.8) is 0 Å². The second kappa shape index (κ2) is 5.61. The number of carbonyl (C=O) groups is 2. The Balaban J connectivity index is 1.86. The van der Waals surface area contributed by atoms with Gasteiger partial charge in [-0.1, -0.05) is 0 Å². The van der Waals surface area contributed by atoms with Gasteiger partial charge in [-0.3, -0.25) is 4.79 Å². The van der Waals surface area contributed by atoms with Crippen molar-refractivity contribution in [2.45, 2.75) is 32.1 Å². The third-order valence-electron chi connectivity index (χ3n) is 3.79. The van der Waals surface area contributed by atoms with Gasteiger partial charge in [-0.15, -0.1) is 22.7 Å². The Morgan fingerprint density at radius 3 is 2.95 bits per heavy atom. The van der Waals surface area contributed by atoms with E-state index in [1.54, 1.807) is 16.7 Å². The number of anilines is 1. The number of aromatic carboxylic acids is 1. The first-order valence-electron chi connectivity index (χ1n) is 6.76. The van der Waals surface area contributed by atoms with Crippen molar-refractivity contribution < 1.29 is 14.7 Å². The van der Waals surface area contributed by atoms with E-state index in [9.17, 15) is 14.7 Å². The van der Waals surface area contributed by atoms with Gasteiger partial charge in [-0.05, 0) is 54.1 Å². The Kier molecular flexibility index (Phi) is 3.82. The van der Waals surface area contributed by atoms with E-state index in [1.807, 2.05) is 18.4 Å². The van der Waals surface area contributed by atoms with Crippen LogP contribution in [0.5, 0.6) is 0 Å². The lowest BCUT2D eigenvalue weighted by molar-refractivity contribution is -0.117. The summed E-state index contributed by atoms with van der Waals surface area (Å²) in [6.45, 7) is 1.81. The minimum absolute atomic E-state index is 0.0987. The molecule has 2 aromatic rings. The summed E-state index contributed by atoms with van der Waals surface area (Å²) in [7, 11) is 0. The van der Waals surface area contributed by atoms with E-state index in [4.69, 9.17) is 0 Å². The van der Waals surface area contributed by atoms with Gasteiger partial charge in [0.2, 0.25) is 5.91 Å². The smallest absolute Gasteiger partial charge is 0.348 e. The van der Waals surface area contributed by atoms with Crippen LogP contribution < -0.4 is 5.32 Å². The van der Waals surface area contributed by atoms with Crippen LogP contribution in [0.2, 0.25) is 0 Å². The van der Waals surface area contributed by atoms with Gasteiger partial charge in [-0.2, -0.15) is 0 Å². The fraction of sp³-hybridized carbons (Fsp3) is 0.333. The molecule has 0 saturated carbocycles. The Morgan fingerprint density at radius 1 is 1.38 bits per heavy atom. The maximum Gasteiger partial charge on any atom is 0.348 e. The third kappa shape index (κ3) is 2.61. The maximum atomic E-state index is 12.6. The molecule has 0 aliphatic heterocycles. The standard InChI is InChI=1S/C15H15NO3S2/c1-8-7-21-13(15(18)19)12(8)16-14(17)10-3-2-4-11-9(10)5-6-20-11/h5-7,10H,2-4H2,1H3,(H,16,17)(H,18,19). The maximum absolute atomic E-state index is 12.6. The van der Waals surface area contributed by atoms with Crippen molar-refractivity contribution in [1.82, 2.24) is 0 Å². The van der Waals surface area contributed by atoms with E-state index in [1.165, 1.54) is 4.88 Å². The van der Waals surface area contributed by atoms with Crippen molar-refractivity contribution in [3.05, 3.63) is 37.7 Å². The second-order valence-corrected chi connectivity index (χ2v) is 7.04. The van der Waals surface area contributed by atoms with Crippen LogP contribution >= 0.6 is 22.7 Å². The van der Waals surface area contributed by atoms with Gasteiger partial charge in [0.25, 0.3) is 0 Å². The van der Waals surface area contributed by atoms with E-state index >= 15 is 0 Å². The quantitative estimate of drug-likeness (QED) is 0.901. The highest BCUT2D eigenvalue weighted by molar-refractivity contribution is 7.12. The van der Waals surface area contributed by atoms with E-state index in [0.717, 1.165) is 41.7 Å². The van der Waals surface area contributed by atoms with Gasteiger partial charge in [0.05, 0.1) is 11.6 Å². The predicted octanol–water partition coefficient (Wildman–Crippen LogP) is 3.87. The van der Waals surface area contributed by atoms with Crippen LogP contribution in [-0.4, -0.2) is 17.0 Å². The van der Waals surface area contributed by atoms with Gasteiger partial charge < -0.3 is 10.4 Å². The predicted molar refractivity (Wildman–Crippen MR) is 84.6 cm³/mol. The van der Waals surface area contributed by atoms with Crippen LogP contribution in [0.25, 0.3) is 0 Å². The molecule has 1 amide bonds. The fourth-order valence-electron chi connectivity index (χ4n) is 2.73. The van der Waals surface area contributed by atoms with Crippen LogP contribution in [0.3, 0.4) is 0 Å². The zero-order valence-electron chi connectivity index (χ0n) is 11.5. The van der Waals surface area contributed by atoms with Crippen molar-refractivity contribution in [2.24, 2.45) is 0 Å². The van der Waals surface area contributed by atoms with Crippen LogP contribution in [0, 0.1) is 6.92 Å². The molecule has 0 spiro atoms. The van der Waals surface area contributed by atoms with Gasteiger partial charge in [0, 0.05) is 4.88 Å². The van der Waals surface area contributed by atoms with Gasteiger partial charge in [-0.25, -0.2) is 4.79 Å². The van der Waals surface area contributed by atoms with E-state index < -0.39 is 5.97 Å². The lowest BCUT2D eigenvalue weighted by Crippen LogP contribution is -2.24. The van der Waals surface area contributed by atoms with Crippen molar-refractivity contribution in [2.75, 3.05) is 5.32 Å². The first-order valence-corrected chi connectivity index (χ1v) is 8.52. The molecule has 0 fully saturated rings. The summed E-state index contributed by atoms with van der Waals surface area (Å²) in [5.74, 6) is -1.26. The largest absolute Gasteiger partial charge is 0.477 e. The van der Waals surface area contributed by atoms with Crippen molar-refractivity contribution in [1.29, 1.82) is 0 Å². The Bertz CT molecular complexity index is 702. The Labute approximate surface area is 130 Å². The first-order chi connectivity index (χ1) is 10.1. The lowest BCUT2D eigenvalue weighted by atomic mass is 9.87. The van der Waals surface area contributed by atoms with E-state index in [0.29, 0.717) is 5.69 Å². The number of hydrogen-bond acceptors (Lipinski definition) is 4. The van der Waals surface area contributed by atoms with Crippen molar-refractivity contribution in [3.8, 4) is 0 Å². The van der Waals surface area contributed by atoms with Crippen molar-refractivity contribution >= 4 is 40.2 Å². The van der Waals surface area contributed by atoms with Crippen LogP contribution in [0.4, 0.5) is 5.69 Å². The van der Waals surface area contributed by atoms with Gasteiger partial charge >= 0.3 is 5.97 Å². The summed E-state index contributed by atoms with van der Waals surface area (Å²) in [4.78, 5) is 25.2. The summed E-state index contributed by atoms with van der Waals surface area (Å²) >= 11 is 2.84. The zero-order chi connectivity index (χ0) is 15.0. The number of hydrogen-bond donors (Lipinski definition) is 2. The second-order valence-electron chi connectivity index (χ2n) is 5.16. The number of rotatable bonds is 3. The number of thiophene rings is 2. The molecule has 0 radical (unpaired) electrons. The number of carboxylic acids is 1. The summed E-state index contributed by atoms with van der Waals surface area (Å²) in [6.07, 6.45) is 2.86. The monoisotopic (exact) mass is 321 g/mol.